The monoisotopic (exact) mass is 253 g/mol. The molecule has 0 fully saturated rings. The van der Waals surface area contributed by atoms with Gasteiger partial charge in [0.05, 0.1) is 11.7 Å². The van der Waals surface area contributed by atoms with Crippen LogP contribution in [0.4, 0.5) is 4.39 Å². The van der Waals surface area contributed by atoms with Crippen molar-refractivity contribution in [3.05, 3.63) is 72.2 Å². The van der Waals surface area contributed by atoms with Gasteiger partial charge in [-0.15, -0.1) is 0 Å². The van der Waals surface area contributed by atoms with Crippen LogP contribution >= 0.6 is 0 Å². The molecule has 19 heavy (non-hydrogen) atoms. The Morgan fingerprint density at radius 3 is 2.63 bits per heavy atom. The maximum atomic E-state index is 12.8. The predicted molar refractivity (Wildman–Crippen MR) is 72.5 cm³/mol. The van der Waals surface area contributed by atoms with Crippen LogP contribution in [-0.4, -0.2) is 4.98 Å². The highest BCUT2D eigenvalue weighted by atomic mass is 19.1. The first kappa shape index (κ1) is 11.7. The van der Waals surface area contributed by atoms with Crippen molar-refractivity contribution >= 4 is 10.9 Å². The zero-order valence-corrected chi connectivity index (χ0v) is 10.2. The van der Waals surface area contributed by atoms with Crippen LogP contribution in [0.25, 0.3) is 10.9 Å². The molecule has 1 heterocycles. The van der Waals surface area contributed by atoms with E-state index in [1.54, 1.807) is 18.3 Å². The Morgan fingerprint density at radius 2 is 1.79 bits per heavy atom. The topological polar surface area (TPSA) is 22.1 Å². The van der Waals surface area contributed by atoms with Crippen LogP contribution in [-0.2, 0) is 6.61 Å². The third-order valence-corrected chi connectivity index (χ3v) is 2.88. The van der Waals surface area contributed by atoms with E-state index in [1.807, 2.05) is 30.3 Å². The van der Waals surface area contributed by atoms with Gasteiger partial charge in [0, 0.05) is 5.39 Å². The lowest BCUT2D eigenvalue weighted by Gasteiger charge is -2.06. The van der Waals surface area contributed by atoms with Crippen LogP contribution in [0.1, 0.15) is 5.56 Å². The Balaban J connectivity index is 1.76. The third-order valence-electron chi connectivity index (χ3n) is 2.88. The van der Waals surface area contributed by atoms with Gasteiger partial charge >= 0.3 is 0 Å². The Bertz CT molecular complexity index is 694. The SMILES string of the molecule is Fc1ccc(COc2cnc3ccccc3c2)cc1. The van der Waals surface area contributed by atoms with Crippen molar-refractivity contribution in [2.45, 2.75) is 6.61 Å². The molecule has 2 aromatic carbocycles. The molecule has 0 aliphatic rings. The molecule has 3 heteroatoms. The van der Waals surface area contributed by atoms with Gasteiger partial charge in [-0.05, 0) is 29.8 Å². The van der Waals surface area contributed by atoms with Crippen LogP contribution in [0, 0.1) is 5.82 Å². The summed E-state index contributed by atoms with van der Waals surface area (Å²) in [5, 5.41) is 1.04. The first-order chi connectivity index (χ1) is 9.31. The number of hydrogen-bond donors (Lipinski definition) is 0. The van der Waals surface area contributed by atoms with E-state index in [2.05, 4.69) is 4.98 Å². The van der Waals surface area contributed by atoms with Crippen LogP contribution in [0.2, 0.25) is 0 Å². The van der Waals surface area contributed by atoms with Gasteiger partial charge in [0.2, 0.25) is 0 Å². The van der Waals surface area contributed by atoms with E-state index in [0.29, 0.717) is 12.4 Å². The van der Waals surface area contributed by atoms with Crippen LogP contribution in [0.3, 0.4) is 0 Å². The Labute approximate surface area is 110 Å². The van der Waals surface area contributed by atoms with Crippen molar-refractivity contribution in [1.82, 2.24) is 4.98 Å². The summed E-state index contributed by atoms with van der Waals surface area (Å²) in [7, 11) is 0. The smallest absolute Gasteiger partial charge is 0.138 e. The number of benzene rings is 2. The molecule has 2 nitrogen and oxygen atoms in total. The molecular weight excluding hydrogens is 241 g/mol. The highest BCUT2D eigenvalue weighted by molar-refractivity contribution is 5.79. The second-order valence-corrected chi connectivity index (χ2v) is 4.28. The van der Waals surface area contributed by atoms with E-state index >= 15 is 0 Å². The number of aromatic nitrogens is 1. The molecule has 0 aliphatic carbocycles. The summed E-state index contributed by atoms with van der Waals surface area (Å²) >= 11 is 0. The highest BCUT2D eigenvalue weighted by Gasteiger charge is 1.99. The van der Waals surface area contributed by atoms with Gasteiger partial charge in [-0.1, -0.05) is 30.3 Å². The van der Waals surface area contributed by atoms with Crippen molar-refractivity contribution < 1.29 is 9.13 Å². The summed E-state index contributed by atoms with van der Waals surface area (Å²) in [6, 6.07) is 16.1. The molecule has 0 unspecified atom stereocenters. The molecule has 0 amide bonds. The van der Waals surface area contributed by atoms with E-state index in [9.17, 15) is 4.39 Å². The van der Waals surface area contributed by atoms with E-state index in [0.717, 1.165) is 16.5 Å². The number of hydrogen-bond acceptors (Lipinski definition) is 2. The first-order valence-corrected chi connectivity index (χ1v) is 6.03. The van der Waals surface area contributed by atoms with E-state index in [4.69, 9.17) is 4.74 Å². The number of fused-ring (bicyclic) bond motifs is 1. The molecule has 0 radical (unpaired) electrons. The van der Waals surface area contributed by atoms with Crippen molar-refractivity contribution in [3.63, 3.8) is 0 Å². The average Bonchev–Trinajstić information content (AvgIpc) is 2.46. The lowest BCUT2D eigenvalue weighted by atomic mass is 10.2. The van der Waals surface area contributed by atoms with Crippen molar-refractivity contribution in [2.24, 2.45) is 0 Å². The molecule has 0 saturated carbocycles. The molecule has 3 aromatic rings. The second-order valence-electron chi connectivity index (χ2n) is 4.28. The molecule has 1 aromatic heterocycles. The summed E-state index contributed by atoms with van der Waals surface area (Å²) < 4.78 is 18.4. The summed E-state index contributed by atoms with van der Waals surface area (Å²) in [4.78, 5) is 4.32. The average molecular weight is 253 g/mol. The molecule has 0 atom stereocenters. The number of nitrogens with zero attached hydrogens (tertiary/aromatic N) is 1. The molecule has 94 valence electrons. The van der Waals surface area contributed by atoms with Gasteiger partial charge in [-0.25, -0.2) is 4.39 Å². The van der Waals surface area contributed by atoms with Gasteiger partial charge in [0.1, 0.15) is 18.2 Å². The van der Waals surface area contributed by atoms with Gasteiger partial charge in [0.25, 0.3) is 0 Å². The maximum absolute atomic E-state index is 12.8. The fraction of sp³-hybridized carbons (Fsp3) is 0.0625. The van der Waals surface area contributed by atoms with E-state index in [1.165, 1.54) is 12.1 Å². The zero-order valence-electron chi connectivity index (χ0n) is 10.2. The van der Waals surface area contributed by atoms with Gasteiger partial charge in [-0.3, -0.25) is 4.98 Å². The van der Waals surface area contributed by atoms with Crippen molar-refractivity contribution in [2.75, 3.05) is 0 Å². The van der Waals surface area contributed by atoms with Crippen molar-refractivity contribution in [1.29, 1.82) is 0 Å². The lowest BCUT2D eigenvalue weighted by molar-refractivity contribution is 0.305. The third kappa shape index (κ3) is 2.71. The van der Waals surface area contributed by atoms with E-state index < -0.39 is 0 Å². The first-order valence-electron chi connectivity index (χ1n) is 6.03. The van der Waals surface area contributed by atoms with Gasteiger partial charge in [0.15, 0.2) is 0 Å². The highest BCUT2D eigenvalue weighted by Crippen LogP contribution is 2.18. The minimum atomic E-state index is -0.240. The van der Waals surface area contributed by atoms with Crippen LogP contribution in [0.5, 0.6) is 5.75 Å². The number of ether oxygens (including phenoxy) is 1. The van der Waals surface area contributed by atoms with Crippen LogP contribution < -0.4 is 4.74 Å². The van der Waals surface area contributed by atoms with Gasteiger partial charge < -0.3 is 4.74 Å². The predicted octanol–water partition coefficient (Wildman–Crippen LogP) is 3.95. The number of halogens is 1. The summed E-state index contributed by atoms with van der Waals surface area (Å²) in [5.74, 6) is 0.471. The molecule has 0 N–H and O–H groups in total. The minimum absolute atomic E-state index is 0.240. The number of para-hydroxylation sites is 1. The maximum Gasteiger partial charge on any atom is 0.138 e. The zero-order chi connectivity index (χ0) is 13.1. The van der Waals surface area contributed by atoms with E-state index in [-0.39, 0.29) is 5.82 Å². The fourth-order valence-electron chi connectivity index (χ4n) is 1.88. The number of pyridine rings is 1. The molecule has 0 bridgehead atoms. The minimum Gasteiger partial charge on any atom is -0.487 e. The molecular formula is C16H12FNO. The number of rotatable bonds is 3. The van der Waals surface area contributed by atoms with Crippen LogP contribution in [0.15, 0.2) is 60.8 Å². The summed E-state index contributed by atoms with van der Waals surface area (Å²) in [5.41, 5.74) is 1.87. The normalized spacial score (nSPS) is 10.6. The molecule has 0 spiro atoms. The largest absolute Gasteiger partial charge is 0.487 e. The second kappa shape index (κ2) is 5.06. The Hall–Kier alpha value is -2.42. The van der Waals surface area contributed by atoms with Crippen molar-refractivity contribution in [3.8, 4) is 5.75 Å². The molecule has 3 rings (SSSR count). The fourth-order valence-corrected chi connectivity index (χ4v) is 1.88. The molecule has 0 saturated heterocycles. The Morgan fingerprint density at radius 1 is 1.00 bits per heavy atom. The van der Waals surface area contributed by atoms with Gasteiger partial charge in [-0.2, -0.15) is 0 Å². The molecule has 0 aliphatic heterocycles. The Kier molecular flexibility index (Phi) is 3.11. The standard InChI is InChI=1S/C16H12FNO/c17-14-7-5-12(6-8-14)11-19-15-9-13-3-1-2-4-16(13)18-10-15/h1-10H,11H2. The summed E-state index contributed by atoms with van der Waals surface area (Å²) in [6.07, 6.45) is 1.70. The summed E-state index contributed by atoms with van der Waals surface area (Å²) in [6.45, 7) is 0.403. The quantitative estimate of drug-likeness (QED) is 0.705. The lowest BCUT2D eigenvalue weighted by Crippen LogP contribution is -1.96.